The van der Waals surface area contributed by atoms with Gasteiger partial charge in [-0.05, 0) is 38.0 Å². The fourth-order valence-corrected chi connectivity index (χ4v) is 2.50. The molecule has 4 amide bonds. The number of imide groups is 1. The van der Waals surface area contributed by atoms with E-state index in [1.807, 2.05) is 6.92 Å². The highest BCUT2D eigenvalue weighted by molar-refractivity contribution is 6.31. The van der Waals surface area contributed by atoms with Gasteiger partial charge >= 0.3 is 12.0 Å². The number of rotatable bonds is 6. The van der Waals surface area contributed by atoms with Gasteiger partial charge in [-0.3, -0.25) is 19.3 Å². The summed E-state index contributed by atoms with van der Waals surface area (Å²) in [7, 11) is 0. The number of nitrogens with zero attached hydrogens (tertiary/aromatic N) is 1. The summed E-state index contributed by atoms with van der Waals surface area (Å²) in [6.45, 7) is 4.07. The number of urea groups is 1. The zero-order valence-electron chi connectivity index (χ0n) is 14.7. The average molecular weight is 382 g/mol. The molecule has 1 aromatic rings. The van der Waals surface area contributed by atoms with Crippen LogP contribution in [0.25, 0.3) is 0 Å². The molecule has 1 saturated heterocycles. The Morgan fingerprint density at radius 1 is 1.35 bits per heavy atom. The summed E-state index contributed by atoms with van der Waals surface area (Å²) in [6.07, 6.45) is 0.393. The van der Waals surface area contributed by atoms with Crippen molar-refractivity contribution in [3.05, 3.63) is 28.8 Å². The predicted molar refractivity (Wildman–Crippen MR) is 94.7 cm³/mol. The quantitative estimate of drug-likeness (QED) is 0.578. The van der Waals surface area contributed by atoms with Gasteiger partial charge in [-0.15, -0.1) is 0 Å². The smallest absolute Gasteiger partial charge is 0.326 e. The molecule has 1 fully saturated rings. The second-order valence-electron chi connectivity index (χ2n) is 6.18. The maximum atomic E-state index is 12.2. The minimum atomic E-state index is -1.03. The maximum Gasteiger partial charge on any atom is 0.326 e. The maximum absolute atomic E-state index is 12.2. The molecule has 140 valence electrons. The van der Waals surface area contributed by atoms with Gasteiger partial charge in [-0.1, -0.05) is 24.6 Å². The Bertz CT molecular complexity index is 767. The summed E-state index contributed by atoms with van der Waals surface area (Å²) in [4.78, 5) is 48.5. The van der Waals surface area contributed by atoms with Gasteiger partial charge in [0.25, 0.3) is 11.8 Å². The fourth-order valence-electron chi connectivity index (χ4n) is 2.32. The van der Waals surface area contributed by atoms with Crippen molar-refractivity contribution in [2.75, 3.05) is 18.5 Å². The molecular weight excluding hydrogens is 362 g/mol. The van der Waals surface area contributed by atoms with Crippen LogP contribution >= 0.6 is 11.6 Å². The van der Waals surface area contributed by atoms with Crippen molar-refractivity contribution in [1.82, 2.24) is 10.2 Å². The number of hydrogen-bond acceptors (Lipinski definition) is 5. The Morgan fingerprint density at radius 2 is 2.04 bits per heavy atom. The lowest BCUT2D eigenvalue weighted by Gasteiger charge is -2.18. The molecule has 1 aliphatic heterocycles. The van der Waals surface area contributed by atoms with E-state index in [4.69, 9.17) is 16.3 Å². The van der Waals surface area contributed by atoms with Crippen LogP contribution in [-0.2, 0) is 19.1 Å². The number of aryl methyl sites for hydroxylation is 1. The highest BCUT2D eigenvalue weighted by Gasteiger charge is 2.47. The summed E-state index contributed by atoms with van der Waals surface area (Å²) in [6, 6.07) is 4.33. The SMILES string of the molecule is CC[C@@]1(C)NC(=O)N(CC(=O)OCC(=O)Nc2ccc(C)c(Cl)c2)C1=O. The number of nitrogens with one attached hydrogen (secondary N) is 2. The number of carbonyl (C=O) groups is 4. The molecule has 0 saturated carbocycles. The second-order valence-corrected chi connectivity index (χ2v) is 6.59. The van der Waals surface area contributed by atoms with Gasteiger partial charge in [0, 0.05) is 10.7 Å². The van der Waals surface area contributed by atoms with Gasteiger partial charge in [-0.2, -0.15) is 0 Å². The molecule has 0 aromatic heterocycles. The van der Waals surface area contributed by atoms with Crippen LogP contribution < -0.4 is 10.6 Å². The van der Waals surface area contributed by atoms with E-state index in [1.165, 1.54) is 0 Å². The second kappa shape index (κ2) is 7.74. The molecule has 2 rings (SSSR count). The lowest BCUT2D eigenvalue weighted by molar-refractivity contribution is -0.150. The fraction of sp³-hybridized carbons (Fsp3) is 0.412. The van der Waals surface area contributed by atoms with E-state index >= 15 is 0 Å². The van der Waals surface area contributed by atoms with Crippen LogP contribution in [0.15, 0.2) is 18.2 Å². The van der Waals surface area contributed by atoms with E-state index < -0.39 is 42.5 Å². The number of ether oxygens (including phenoxy) is 1. The largest absolute Gasteiger partial charge is 0.454 e. The summed E-state index contributed by atoms with van der Waals surface area (Å²) in [5, 5.41) is 5.57. The van der Waals surface area contributed by atoms with Crippen LogP contribution in [0, 0.1) is 6.92 Å². The van der Waals surface area contributed by atoms with Crippen LogP contribution in [0.5, 0.6) is 0 Å². The Kier molecular flexibility index (Phi) is 5.86. The summed E-state index contributed by atoms with van der Waals surface area (Å²) < 4.78 is 4.83. The molecule has 9 heteroatoms. The Balaban J connectivity index is 1.85. The number of esters is 1. The van der Waals surface area contributed by atoms with Crippen molar-refractivity contribution in [2.45, 2.75) is 32.7 Å². The van der Waals surface area contributed by atoms with Gasteiger partial charge in [0.05, 0.1) is 0 Å². The van der Waals surface area contributed by atoms with Gasteiger partial charge in [0.1, 0.15) is 12.1 Å². The molecule has 1 aliphatic rings. The van der Waals surface area contributed by atoms with E-state index in [9.17, 15) is 19.2 Å². The van der Waals surface area contributed by atoms with Crippen molar-refractivity contribution < 1.29 is 23.9 Å². The number of hydrogen-bond donors (Lipinski definition) is 2. The van der Waals surface area contributed by atoms with E-state index in [0.717, 1.165) is 10.5 Å². The highest BCUT2D eigenvalue weighted by atomic mass is 35.5. The van der Waals surface area contributed by atoms with Crippen LogP contribution in [0.4, 0.5) is 10.5 Å². The normalized spacial score (nSPS) is 19.3. The van der Waals surface area contributed by atoms with Crippen LogP contribution in [-0.4, -0.2) is 47.4 Å². The number of amides is 4. The third-order valence-corrected chi connectivity index (χ3v) is 4.57. The topological polar surface area (TPSA) is 105 Å². The Labute approximate surface area is 155 Å². The van der Waals surface area contributed by atoms with Gasteiger partial charge in [0.2, 0.25) is 0 Å². The molecule has 1 aromatic carbocycles. The molecular formula is C17H20ClN3O5. The molecule has 1 atom stereocenters. The standard InChI is InChI=1S/C17H20ClN3O5/c1-4-17(3)15(24)21(16(25)20-17)8-14(23)26-9-13(22)19-11-6-5-10(2)12(18)7-11/h5-7H,4,8-9H2,1-3H3,(H,19,22)(H,20,25)/t17-/m1/s1. The number of halogens is 1. The van der Waals surface area contributed by atoms with E-state index in [0.29, 0.717) is 17.1 Å². The first-order valence-corrected chi connectivity index (χ1v) is 8.40. The summed E-state index contributed by atoms with van der Waals surface area (Å²) in [5.41, 5.74) is 0.303. The third kappa shape index (κ3) is 4.32. The number of benzene rings is 1. The predicted octanol–water partition coefficient (Wildman–Crippen LogP) is 1.85. The van der Waals surface area contributed by atoms with Crippen LogP contribution in [0.1, 0.15) is 25.8 Å². The van der Waals surface area contributed by atoms with Crippen molar-refractivity contribution in [2.24, 2.45) is 0 Å². The third-order valence-electron chi connectivity index (χ3n) is 4.16. The first-order valence-electron chi connectivity index (χ1n) is 8.02. The molecule has 2 N–H and O–H groups in total. The van der Waals surface area contributed by atoms with Crippen LogP contribution in [0.2, 0.25) is 5.02 Å². The van der Waals surface area contributed by atoms with E-state index in [2.05, 4.69) is 10.6 Å². The Morgan fingerprint density at radius 3 is 2.62 bits per heavy atom. The minimum Gasteiger partial charge on any atom is -0.454 e. The van der Waals surface area contributed by atoms with Gasteiger partial charge < -0.3 is 15.4 Å². The molecule has 0 aliphatic carbocycles. The first kappa shape index (κ1) is 19.7. The molecule has 1 heterocycles. The summed E-state index contributed by atoms with van der Waals surface area (Å²) in [5.74, 6) is -1.92. The first-order chi connectivity index (χ1) is 12.2. The number of anilines is 1. The lowest BCUT2D eigenvalue weighted by atomic mass is 9.99. The monoisotopic (exact) mass is 381 g/mol. The molecule has 0 radical (unpaired) electrons. The average Bonchev–Trinajstić information content (AvgIpc) is 2.80. The van der Waals surface area contributed by atoms with E-state index in [-0.39, 0.29) is 0 Å². The molecule has 0 bridgehead atoms. The van der Waals surface area contributed by atoms with Crippen molar-refractivity contribution in [3.63, 3.8) is 0 Å². The van der Waals surface area contributed by atoms with Crippen molar-refractivity contribution in [1.29, 1.82) is 0 Å². The van der Waals surface area contributed by atoms with E-state index in [1.54, 1.807) is 32.0 Å². The molecule has 26 heavy (non-hydrogen) atoms. The number of carbonyl (C=O) groups excluding carboxylic acids is 4. The lowest BCUT2D eigenvalue weighted by Crippen LogP contribution is -2.43. The molecule has 8 nitrogen and oxygen atoms in total. The minimum absolute atomic E-state index is 0.393. The van der Waals surface area contributed by atoms with Crippen molar-refractivity contribution in [3.8, 4) is 0 Å². The van der Waals surface area contributed by atoms with Gasteiger partial charge in [-0.25, -0.2) is 4.79 Å². The highest BCUT2D eigenvalue weighted by Crippen LogP contribution is 2.21. The Hall–Kier alpha value is -2.61. The zero-order valence-corrected chi connectivity index (χ0v) is 15.5. The van der Waals surface area contributed by atoms with Gasteiger partial charge in [0.15, 0.2) is 6.61 Å². The molecule has 0 spiro atoms. The van der Waals surface area contributed by atoms with Crippen molar-refractivity contribution >= 4 is 41.1 Å². The molecule has 0 unspecified atom stereocenters. The summed E-state index contributed by atoms with van der Waals surface area (Å²) >= 11 is 5.97. The zero-order chi connectivity index (χ0) is 19.5. The van der Waals surface area contributed by atoms with Crippen LogP contribution in [0.3, 0.4) is 0 Å².